The number of amides is 1. The Morgan fingerprint density at radius 1 is 1.47 bits per heavy atom. The van der Waals surface area contributed by atoms with Gasteiger partial charge in [0, 0.05) is 24.7 Å². The van der Waals surface area contributed by atoms with E-state index < -0.39 is 0 Å². The lowest BCUT2D eigenvalue weighted by atomic mass is 10.2. The normalized spacial score (nSPS) is 15.2. The standard InChI is InChI=1S/C14H16ClNO/c1-16(10-11-6-7-11)14(17)9-8-12-4-2-3-5-13(12)15/h2-5,8-9,11H,6-7,10H2,1H3/b9-8+. The van der Waals surface area contributed by atoms with Gasteiger partial charge in [-0.05, 0) is 36.5 Å². The molecule has 1 aliphatic rings. The van der Waals surface area contributed by atoms with E-state index in [2.05, 4.69) is 0 Å². The number of carbonyl (C=O) groups excluding carboxylic acids is 1. The number of halogens is 1. The van der Waals surface area contributed by atoms with Crippen LogP contribution in [0.15, 0.2) is 30.3 Å². The highest BCUT2D eigenvalue weighted by molar-refractivity contribution is 6.32. The van der Waals surface area contributed by atoms with Crippen molar-refractivity contribution in [3.63, 3.8) is 0 Å². The SMILES string of the molecule is CN(CC1CC1)C(=O)/C=C/c1ccccc1Cl. The molecule has 3 heteroatoms. The van der Waals surface area contributed by atoms with Crippen LogP contribution in [0.5, 0.6) is 0 Å². The zero-order valence-electron chi connectivity index (χ0n) is 9.90. The van der Waals surface area contributed by atoms with E-state index in [1.807, 2.05) is 31.3 Å². The van der Waals surface area contributed by atoms with Gasteiger partial charge in [0.1, 0.15) is 0 Å². The third-order valence-corrected chi connectivity index (χ3v) is 3.26. The van der Waals surface area contributed by atoms with Gasteiger partial charge in [-0.1, -0.05) is 29.8 Å². The molecule has 0 unspecified atom stereocenters. The van der Waals surface area contributed by atoms with Gasteiger partial charge in [0.05, 0.1) is 0 Å². The van der Waals surface area contributed by atoms with Gasteiger partial charge in [0.15, 0.2) is 0 Å². The van der Waals surface area contributed by atoms with Crippen LogP contribution in [0.2, 0.25) is 5.02 Å². The van der Waals surface area contributed by atoms with Gasteiger partial charge in [-0.25, -0.2) is 0 Å². The lowest BCUT2D eigenvalue weighted by Crippen LogP contribution is -2.26. The zero-order valence-corrected chi connectivity index (χ0v) is 10.7. The van der Waals surface area contributed by atoms with Crippen molar-refractivity contribution in [2.75, 3.05) is 13.6 Å². The molecule has 0 bridgehead atoms. The van der Waals surface area contributed by atoms with Crippen LogP contribution in [0.25, 0.3) is 6.08 Å². The third-order valence-electron chi connectivity index (χ3n) is 2.92. The number of nitrogens with zero attached hydrogens (tertiary/aromatic N) is 1. The first kappa shape index (κ1) is 12.2. The quantitative estimate of drug-likeness (QED) is 0.751. The van der Waals surface area contributed by atoms with Crippen LogP contribution in [-0.2, 0) is 4.79 Å². The second kappa shape index (κ2) is 5.37. The smallest absolute Gasteiger partial charge is 0.246 e. The number of likely N-dealkylation sites (N-methyl/N-ethyl adjacent to an activating group) is 1. The molecule has 2 nitrogen and oxygen atoms in total. The topological polar surface area (TPSA) is 20.3 Å². The summed E-state index contributed by atoms with van der Waals surface area (Å²) in [5.41, 5.74) is 0.877. The molecule has 90 valence electrons. The summed E-state index contributed by atoms with van der Waals surface area (Å²) in [5.74, 6) is 0.759. The van der Waals surface area contributed by atoms with Crippen molar-refractivity contribution >= 4 is 23.6 Å². The summed E-state index contributed by atoms with van der Waals surface area (Å²) >= 11 is 6.01. The van der Waals surface area contributed by atoms with Gasteiger partial charge < -0.3 is 4.90 Å². The minimum atomic E-state index is 0.0387. The summed E-state index contributed by atoms with van der Waals surface area (Å²) < 4.78 is 0. The summed E-state index contributed by atoms with van der Waals surface area (Å²) in [6.07, 6.45) is 5.87. The summed E-state index contributed by atoms with van der Waals surface area (Å²) in [6.45, 7) is 0.867. The summed E-state index contributed by atoms with van der Waals surface area (Å²) in [7, 11) is 1.84. The monoisotopic (exact) mass is 249 g/mol. The van der Waals surface area contributed by atoms with E-state index in [1.165, 1.54) is 12.8 Å². The fourth-order valence-electron chi connectivity index (χ4n) is 1.68. The average Bonchev–Trinajstić information content (AvgIpc) is 3.11. The molecule has 0 radical (unpaired) electrons. The van der Waals surface area contributed by atoms with Crippen LogP contribution < -0.4 is 0 Å². The molecule has 17 heavy (non-hydrogen) atoms. The van der Waals surface area contributed by atoms with Crippen molar-refractivity contribution in [1.82, 2.24) is 4.90 Å². The Morgan fingerprint density at radius 2 is 2.18 bits per heavy atom. The molecule has 1 aromatic rings. The predicted molar refractivity (Wildman–Crippen MR) is 70.8 cm³/mol. The van der Waals surface area contributed by atoms with Crippen LogP contribution in [0.3, 0.4) is 0 Å². The molecule has 0 saturated heterocycles. The molecule has 0 heterocycles. The molecule has 2 rings (SSSR count). The van der Waals surface area contributed by atoms with E-state index in [0.717, 1.165) is 18.0 Å². The molecule has 1 aromatic carbocycles. The van der Waals surface area contributed by atoms with E-state index in [0.29, 0.717) is 5.02 Å². The van der Waals surface area contributed by atoms with E-state index in [1.54, 1.807) is 17.1 Å². The van der Waals surface area contributed by atoms with Crippen LogP contribution in [0.4, 0.5) is 0 Å². The largest absolute Gasteiger partial charge is 0.342 e. The molecular formula is C14H16ClNO. The maximum absolute atomic E-state index is 11.8. The van der Waals surface area contributed by atoms with Crippen molar-refractivity contribution in [2.24, 2.45) is 5.92 Å². The molecule has 0 aromatic heterocycles. The zero-order chi connectivity index (χ0) is 12.3. The minimum Gasteiger partial charge on any atom is -0.342 e. The molecule has 0 atom stereocenters. The number of hydrogen-bond acceptors (Lipinski definition) is 1. The molecule has 0 N–H and O–H groups in total. The Hall–Kier alpha value is -1.28. The van der Waals surface area contributed by atoms with Gasteiger partial charge in [-0.2, -0.15) is 0 Å². The average molecular weight is 250 g/mol. The fourth-order valence-corrected chi connectivity index (χ4v) is 1.87. The molecule has 1 aliphatic carbocycles. The Kier molecular flexibility index (Phi) is 3.85. The van der Waals surface area contributed by atoms with E-state index >= 15 is 0 Å². The summed E-state index contributed by atoms with van der Waals surface area (Å²) in [5, 5.41) is 0.668. The highest BCUT2D eigenvalue weighted by atomic mass is 35.5. The second-order valence-corrected chi connectivity index (χ2v) is 4.92. The van der Waals surface area contributed by atoms with E-state index in [-0.39, 0.29) is 5.91 Å². The van der Waals surface area contributed by atoms with Gasteiger partial charge in [-0.15, -0.1) is 0 Å². The number of hydrogen-bond donors (Lipinski definition) is 0. The Morgan fingerprint density at radius 3 is 2.82 bits per heavy atom. The molecular weight excluding hydrogens is 234 g/mol. The van der Waals surface area contributed by atoms with Crippen molar-refractivity contribution < 1.29 is 4.79 Å². The Labute approximate surface area is 107 Å². The van der Waals surface area contributed by atoms with E-state index in [9.17, 15) is 4.79 Å². The van der Waals surface area contributed by atoms with E-state index in [4.69, 9.17) is 11.6 Å². The lowest BCUT2D eigenvalue weighted by molar-refractivity contribution is -0.124. The molecule has 1 fully saturated rings. The third kappa shape index (κ3) is 3.60. The number of benzene rings is 1. The van der Waals surface area contributed by atoms with Crippen molar-refractivity contribution in [2.45, 2.75) is 12.8 Å². The van der Waals surface area contributed by atoms with Crippen LogP contribution in [0.1, 0.15) is 18.4 Å². The molecule has 1 saturated carbocycles. The van der Waals surface area contributed by atoms with Crippen molar-refractivity contribution in [1.29, 1.82) is 0 Å². The van der Waals surface area contributed by atoms with Gasteiger partial charge >= 0.3 is 0 Å². The summed E-state index contributed by atoms with van der Waals surface area (Å²) in [6, 6.07) is 7.50. The number of carbonyl (C=O) groups is 1. The van der Waals surface area contributed by atoms with Gasteiger partial charge in [0.2, 0.25) is 5.91 Å². The fraction of sp³-hybridized carbons (Fsp3) is 0.357. The first-order valence-electron chi connectivity index (χ1n) is 5.84. The molecule has 1 amide bonds. The molecule has 0 spiro atoms. The van der Waals surface area contributed by atoms with Gasteiger partial charge in [0.25, 0.3) is 0 Å². The highest BCUT2D eigenvalue weighted by Crippen LogP contribution is 2.29. The van der Waals surface area contributed by atoms with Crippen molar-refractivity contribution in [3.05, 3.63) is 40.9 Å². The second-order valence-electron chi connectivity index (χ2n) is 4.52. The first-order chi connectivity index (χ1) is 8.16. The predicted octanol–water partition coefficient (Wildman–Crippen LogP) is 3.22. The van der Waals surface area contributed by atoms with Crippen molar-refractivity contribution in [3.8, 4) is 0 Å². The highest BCUT2D eigenvalue weighted by Gasteiger charge is 2.23. The van der Waals surface area contributed by atoms with Crippen LogP contribution in [0, 0.1) is 5.92 Å². The lowest BCUT2D eigenvalue weighted by Gasteiger charge is -2.13. The maximum Gasteiger partial charge on any atom is 0.246 e. The van der Waals surface area contributed by atoms with Crippen LogP contribution in [-0.4, -0.2) is 24.4 Å². The molecule has 0 aliphatic heterocycles. The van der Waals surface area contributed by atoms with Gasteiger partial charge in [-0.3, -0.25) is 4.79 Å². The minimum absolute atomic E-state index is 0.0387. The first-order valence-corrected chi connectivity index (χ1v) is 6.22. The summed E-state index contributed by atoms with van der Waals surface area (Å²) in [4.78, 5) is 13.6. The Balaban J connectivity index is 1.95. The Bertz CT molecular complexity index is 438. The maximum atomic E-state index is 11.8. The van der Waals surface area contributed by atoms with Crippen LogP contribution >= 0.6 is 11.6 Å². The number of rotatable bonds is 4.